The zero-order chi connectivity index (χ0) is 15.4. The van der Waals surface area contributed by atoms with Gasteiger partial charge in [0, 0.05) is 23.5 Å². The van der Waals surface area contributed by atoms with Gasteiger partial charge < -0.3 is 10.6 Å². The smallest absolute Gasteiger partial charge is 0.260 e. The van der Waals surface area contributed by atoms with Gasteiger partial charge in [-0.05, 0) is 26.0 Å². The zero-order valence-electron chi connectivity index (χ0n) is 11.1. The molecule has 1 aromatic rings. The van der Waals surface area contributed by atoms with E-state index in [9.17, 15) is 13.6 Å². The first-order chi connectivity index (χ1) is 9.23. The van der Waals surface area contributed by atoms with Crippen LogP contribution in [0.25, 0.3) is 0 Å². The van der Waals surface area contributed by atoms with Crippen molar-refractivity contribution in [3.8, 4) is 0 Å². The number of thiocarbonyl (C=S) groups is 1. The number of carbonyl (C=O) groups is 1. The van der Waals surface area contributed by atoms with E-state index in [1.165, 1.54) is 4.90 Å². The lowest BCUT2D eigenvalue weighted by Crippen LogP contribution is -2.39. The Labute approximate surface area is 130 Å². The molecule has 110 valence electrons. The number of hydrogen-bond donors (Lipinski definition) is 1. The molecule has 7 heteroatoms. The standard InChI is InChI=1S/C13H15BrF2N2OS/c1-7(2)18(4-3-11(17)20)13(19)12-9(15)5-8(14)6-10(12)16/h5-7H,3-4H2,1-2H3,(H2,17,20). The van der Waals surface area contributed by atoms with Crippen molar-refractivity contribution in [2.45, 2.75) is 26.3 Å². The highest BCUT2D eigenvalue weighted by Crippen LogP contribution is 2.21. The molecule has 3 nitrogen and oxygen atoms in total. The Hall–Kier alpha value is -1.08. The highest BCUT2D eigenvalue weighted by Gasteiger charge is 2.25. The summed E-state index contributed by atoms with van der Waals surface area (Å²) in [7, 11) is 0. The summed E-state index contributed by atoms with van der Waals surface area (Å²) in [6.07, 6.45) is 0.305. The van der Waals surface area contributed by atoms with E-state index in [4.69, 9.17) is 18.0 Å². The van der Waals surface area contributed by atoms with Crippen LogP contribution in [0.5, 0.6) is 0 Å². The van der Waals surface area contributed by atoms with Gasteiger partial charge in [-0.1, -0.05) is 28.1 Å². The number of hydrogen-bond acceptors (Lipinski definition) is 2. The number of rotatable bonds is 5. The number of benzene rings is 1. The average molecular weight is 365 g/mol. The molecule has 0 saturated carbocycles. The van der Waals surface area contributed by atoms with Gasteiger partial charge in [0.1, 0.15) is 17.2 Å². The van der Waals surface area contributed by atoms with Gasteiger partial charge in [-0.2, -0.15) is 0 Å². The molecule has 1 aromatic carbocycles. The van der Waals surface area contributed by atoms with Crippen LogP contribution in [0.15, 0.2) is 16.6 Å². The van der Waals surface area contributed by atoms with E-state index < -0.39 is 23.1 Å². The minimum atomic E-state index is -0.900. The van der Waals surface area contributed by atoms with Gasteiger partial charge in [0.2, 0.25) is 0 Å². The molecule has 0 spiro atoms. The fourth-order valence-corrected chi connectivity index (χ4v) is 2.21. The third-order valence-electron chi connectivity index (χ3n) is 2.70. The average Bonchev–Trinajstić information content (AvgIpc) is 2.26. The van der Waals surface area contributed by atoms with Gasteiger partial charge in [0.15, 0.2) is 0 Å². The van der Waals surface area contributed by atoms with Gasteiger partial charge in [-0.15, -0.1) is 0 Å². The summed E-state index contributed by atoms with van der Waals surface area (Å²) in [6.45, 7) is 3.74. The van der Waals surface area contributed by atoms with E-state index in [1.807, 2.05) is 0 Å². The lowest BCUT2D eigenvalue weighted by Gasteiger charge is -2.27. The zero-order valence-corrected chi connectivity index (χ0v) is 13.5. The molecule has 1 rings (SSSR count). The molecule has 0 radical (unpaired) electrons. The van der Waals surface area contributed by atoms with E-state index in [0.717, 1.165) is 12.1 Å². The second-order valence-electron chi connectivity index (χ2n) is 4.55. The maximum Gasteiger partial charge on any atom is 0.260 e. The largest absolute Gasteiger partial charge is 0.393 e. The van der Waals surface area contributed by atoms with Crippen molar-refractivity contribution in [1.82, 2.24) is 4.90 Å². The molecule has 0 aromatic heterocycles. The number of amides is 1. The van der Waals surface area contributed by atoms with Crippen LogP contribution in [-0.4, -0.2) is 28.4 Å². The van der Waals surface area contributed by atoms with Gasteiger partial charge >= 0.3 is 0 Å². The Balaban J connectivity index is 3.10. The molecule has 0 aliphatic rings. The minimum absolute atomic E-state index is 0.223. The van der Waals surface area contributed by atoms with Crippen LogP contribution in [0.2, 0.25) is 0 Å². The van der Waals surface area contributed by atoms with Gasteiger partial charge in [0.05, 0.1) is 4.99 Å². The van der Waals surface area contributed by atoms with Crippen molar-refractivity contribution in [2.24, 2.45) is 5.73 Å². The third kappa shape index (κ3) is 4.21. The third-order valence-corrected chi connectivity index (χ3v) is 3.37. The van der Waals surface area contributed by atoms with E-state index in [2.05, 4.69) is 15.9 Å². The summed E-state index contributed by atoms with van der Waals surface area (Å²) in [4.78, 5) is 13.9. The Bertz CT molecular complexity index is 514. The highest BCUT2D eigenvalue weighted by molar-refractivity contribution is 9.10. The maximum absolute atomic E-state index is 13.8. The van der Waals surface area contributed by atoms with Crippen molar-refractivity contribution in [1.29, 1.82) is 0 Å². The van der Waals surface area contributed by atoms with Gasteiger partial charge in [0.25, 0.3) is 5.91 Å². The first-order valence-electron chi connectivity index (χ1n) is 5.97. The van der Waals surface area contributed by atoms with Crippen molar-refractivity contribution < 1.29 is 13.6 Å². The summed E-state index contributed by atoms with van der Waals surface area (Å²) in [5.74, 6) is -2.51. The number of halogens is 3. The Morgan fingerprint density at radius 3 is 2.30 bits per heavy atom. The molecule has 0 atom stereocenters. The first kappa shape index (κ1) is 17.0. The maximum atomic E-state index is 13.8. The van der Waals surface area contributed by atoms with Crippen LogP contribution in [0.1, 0.15) is 30.6 Å². The SMILES string of the molecule is CC(C)N(CCC(N)=S)C(=O)c1c(F)cc(Br)cc1F. The van der Waals surface area contributed by atoms with Crippen molar-refractivity contribution in [3.05, 3.63) is 33.8 Å². The quantitative estimate of drug-likeness (QED) is 0.815. The van der Waals surface area contributed by atoms with Crippen LogP contribution < -0.4 is 5.73 Å². The van der Waals surface area contributed by atoms with Crippen LogP contribution in [0.3, 0.4) is 0 Å². The molecule has 0 aliphatic heterocycles. The number of nitrogens with two attached hydrogens (primary N) is 1. The molecule has 0 aliphatic carbocycles. The molecular formula is C13H15BrF2N2OS. The van der Waals surface area contributed by atoms with Crippen molar-refractivity contribution in [2.75, 3.05) is 6.54 Å². The Kier molecular flexibility index (Phi) is 6.01. The summed E-state index contributed by atoms with van der Waals surface area (Å²) >= 11 is 7.73. The molecule has 0 saturated heterocycles. The number of carbonyl (C=O) groups excluding carboxylic acids is 1. The second-order valence-corrected chi connectivity index (χ2v) is 5.99. The molecule has 0 fully saturated rings. The van der Waals surface area contributed by atoms with E-state index in [0.29, 0.717) is 6.42 Å². The molecule has 20 heavy (non-hydrogen) atoms. The van der Waals surface area contributed by atoms with Crippen LogP contribution in [0, 0.1) is 11.6 Å². The summed E-state index contributed by atoms with van der Waals surface area (Å²) in [5, 5.41) is 0. The second kappa shape index (κ2) is 7.08. The molecule has 1 amide bonds. The Morgan fingerprint density at radius 1 is 1.40 bits per heavy atom. The van der Waals surface area contributed by atoms with Crippen molar-refractivity contribution >= 4 is 39.0 Å². The lowest BCUT2D eigenvalue weighted by molar-refractivity contribution is 0.0701. The monoisotopic (exact) mass is 364 g/mol. The van der Waals surface area contributed by atoms with E-state index in [-0.39, 0.29) is 22.0 Å². The topological polar surface area (TPSA) is 46.3 Å². The predicted molar refractivity (Wildman–Crippen MR) is 81.6 cm³/mol. The molecule has 0 heterocycles. The van der Waals surface area contributed by atoms with Gasteiger partial charge in [-0.3, -0.25) is 4.79 Å². The Morgan fingerprint density at radius 2 is 1.90 bits per heavy atom. The molecule has 0 unspecified atom stereocenters. The summed E-state index contributed by atoms with van der Waals surface area (Å²) < 4.78 is 27.9. The summed E-state index contributed by atoms with van der Waals surface area (Å²) in [6, 6.07) is 1.89. The van der Waals surface area contributed by atoms with Crippen LogP contribution >= 0.6 is 28.1 Å². The first-order valence-corrected chi connectivity index (χ1v) is 7.18. The lowest BCUT2D eigenvalue weighted by atomic mass is 10.1. The summed E-state index contributed by atoms with van der Waals surface area (Å²) in [5.41, 5.74) is 4.83. The number of nitrogens with zero attached hydrogens (tertiary/aromatic N) is 1. The highest BCUT2D eigenvalue weighted by atomic mass is 79.9. The fraction of sp³-hybridized carbons (Fsp3) is 0.385. The fourth-order valence-electron chi connectivity index (χ4n) is 1.72. The normalized spacial score (nSPS) is 10.7. The van der Waals surface area contributed by atoms with E-state index in [1.54, 1.807) is 13.8 Å². The van der Waals surface area contributed by atoms with Crippen molar-refractivity contribution in [3.63, 3.8) is 0 Å². The van der Waals surface area contributed by atoms with Crippen LogP contribution in [0.4, 0.5) is 8.78 Å². The minimum Gasteiger partial charge on any atom is -0.393 e. The van der Waals surface area contributed by atoms with Crippen LogP contribution in [-0.2, 0) is 0 Å². The van der Waals surface area contributed by atoms with Gasteiger partial charge in [-0.25, -0.2) is 8.78 Å². The van der Waals surface area contributed by atoms with E-state index >= 15 is 0 Å². The molecular weight excluding hydrogens is 350 g/mol. The molecule has 2 N–H and O–H groups in total. The predicted octanol–water partition coefficient (Wildman–Crippen LogP) is 3.25. The molecule has 0 bridgehead atoms.